The number of amides is 1. The fourth-order valence-corrected chi connectivity index (χ4v) is 4.96. The lowest BCUT2D eigenvalue weighted by Gasteiger charge is -2.31. The normalized spacial score (nSPS) is 17.6. The average molecular weight is 476 g/mol. The molecule has 0 radical (unpaired) electrons. The number of nitrogens with zero attached hydrogens (tertiary/aromatic N) is 3. The zero-order valence-corrected chi connectivity index (χ0v) is 20.5. The number of carbonyl (C=O) groups is 1. The van der Waals surface area contributed by atoms with Crippen molar-refractivity contribution in [2.75, 3.05) is 23.7 Å². The number of anilines is 3. The van der Waals surface area contributed by atoms with Gasteiger partial charge in [-0.3, -0.25) is 4.98 Å². The van der Waals surface area contributed by atoms with Crippen LogP contribution in [0.2, 0.25) is 0 Å². The maximum atomic E-state index is 12.4. The summed E-state index contributed by atoms with van der Waals surface area (Å²) < 4.78 is 5.51. The second-order valence-corrected chi connectivity index (χ2v) is 10.5. The SMILES string of the molecule is CC(C)(C)OC(=O)N1CC=C(C2Cc3c(Nc4cccc(-c5cncs5)c4)ccnc3N2)CC1. The van der Waals surface area contributed by atoms with Gasteiger partial charge in [-0.05, 0) is 56.5 Å². The summed E-state index contributed by atoms with van der Waals surface area (Å²) in [5.74, 6) is 0.920. The molecule has 7 nitrogen and oxygen atoms in total. The number of ether oxygens (including phenoxy) is 1. The highest BCUT2D eigenvalue weighted by Crippen LogP contribution is 2.36. The average Bonchev–Trinajstić information content (AvgIpc) is 3.49. The van der Waals surface area contributed by atoms with Gasteiger partial charge in [0.15, 0.2) is 0 Å². The fraction of sp³-hybridized carbons (Fsp3) is 0.346. The molecule has 0 bridgehead atoms. The van der Waals surface area contributed by atoms with Crippen molar-refractivity contribution in [3.63, 3.8) is 0 Å². The Kier molecular flexibility index (Phi) is 6.00. The Balaban J connectivity index is 1.27. The van der Waals surface area contributed by atoms with E-state index in [1.165, 1.54) is 11.1 Å². The molecule has 1 unspecified atom stereocenters. The third-order valence-electron chi connectivity index (χ3n) is 5.98. The molecule has 2 aliphatic rings. The summed E-state index contributed by atoms with van der Waals surface area (Å²) in [6.45, 7) is 6.91. The second kappa shape index (κ2) is 9.10. The zero-order valence-electron chi connectivity index (χ0n) is 19.7. The van der Waals surface area contributed by atoms with Crippen LogP contribution in [-0.4, -0.2) is 45.7 Å². The van der Waals surface area contributed by atoms with E-state index in [4.69, 9.17) is 4.74 Å². The summed E-state index contributed by atoms with van der Waals surface area (Å²) in [6, 6.07) is 10.6. The molecule has 34 heavy (non-hydrogen) atoms. The number of nitrogens with one attached hydrogen (secondary N) is 2. The van der Waals surface area contributed by atoms with Gasteiger partial charge in [0, 0.05) is 48.8 Å². The van der Waals surface area contributed by atoms with Crippen LogP contribution in [0.4, 0.5) is 22.0 Å². The number of pyridine rings is 1. The molecule has 2 aliphatic heterocycles. The Bertz CT molecular complexity index is 1220. The first-order valence-corrected chi connectivity index (χ1v) is 12.4. The van der Waals surface area contributed by atoms with Crippen LogP contribution in [-0.2, 0) is 11.2 Å². The minimum Gasteiger partial charge on any atom is -0.444 e. The monoisotopic (exact) mass is 475 g/mol. The van der Waals surface area contributed by atoms with Gasteiger partial charge in [-0.25, -0.2) is 9.78 Å². The molecule has 1 amide bonds. The van der Waals surface area contributed by atoms with E-state index in [0.29, 0.717) is 13.1 Å². The Labute approximate surface area is 203 Å². The first-order chi connectivity index (χ1) is 16.4. The second-order valence-electron chi connectivity index (χ2n) is 9.61. The van der Waals surface area contributed by atoms with Crippen molar-refractivity contribution in [2.24, 2.45) is 0 Å². The van der Waals surface area contributed by atoms with E-state index in [1.54, 1.807) is 16.2 Å². The molecule has 0 saturated carbocycles. The van der Waals surface area contributed by atoms with Crippen molar-refractivity contribution in [1.82, 2.24) is 14.9 Å². The number of thiazole rings is 1. The molecule has 176 valence electrons. The van der Waals surface area contributed by atoms with Crippen molar-refractivity contribution in [1.29, 1.82) is 0 Å². The van der Waals surface area contributed by atoms with Gasteiger partial charge in [0.25, 0.3) is 0 Å². The largest absolute Gasteiger partial charge is 0.444 e. The number of hydrogen-bond donors (Lipinski definition) is 2. The van der Waals surface area contributed by atoms with Crippen LogP contribution in [0.25, 0.3) is 10.4 Å². The Morgan fingerprint density at radius 3 is 2.91 bits per heavy atom. The molecule has 8 heteroatoms. The lowest BCUT2D eigenvalue weighted by Crippen LogP contribution is -2.40. The summed E-state index contributed by atoms with van der Waals surface area (Å²) in [5.41, 5.74) is 7.12. The van der Waals surface area contributed by atoms with Crippen LogP contribution in [0.1, 0.15) is 32.8 Å². The third-order valence-corrected chi connectivity index (χ3v) is 6.80. The highest BCUT2D eigenvalue weighted by Gasteiger charge is 2.30. The molecule has 0 spiro atoms. The lowest BCUT2D eigenvalue weighted by atomic mass is 9.97. The maximum absolute atomic E-state index is 12.4. The number of benzene rings is 1. The summed E-state index contributed by atoms with van der Waals surface area (Å²) in [7, 11) is 0. The minimum atomic E-state index is -0.481. The lowest BCUT2D eigenvalue weighted by molar-refractivity contribution is 0.0265. The summed E-state index contributed by atoms with van der Waals surface area (Å²) in [6.07, 6.45) is 7.32. The smallest absolute Gasteiger partial charge is 0.410 e. The zero-order chi connectivity index (χ0) is 23.7. The molecule has 2 aromatic heterocycles. The van der Waals surface area contributed by atoms with E-state index in [0.717, 1.165) is 40.5 Å². The predicted molar refractivity (Wildman–Crippen MR) is 137 cm³/mol. The van der Waals surface area contributed by atoms with Crippen molar-refractivity contribution in [3.8, 4) is 10.4 Å². The van der Waals surface area contributed by atoms with Gasteiger partial charge in [0.05, 0.1) is 16.4 Å². The molecule has 5 rings (SSSR count). The summed E-state index contributed by atoms with van der Waals surface area (Å²) >= 11 is 1.63. The minimum absolute atomic E-state index is 0.190. The van der Waals surface area contributed by atoms with Crippen LogP contribution in [0, 0.1) is 0 Å². The van der Waals surface area contributed by atoms with Gasteiger partial charge < -0.3 is 20.3 Å². The first kappa shape index (κ1) is 22.4. The van der Waals surface area contributed by atoms with Crippen LogP contribution >= 0.6 is 11.3 Å². The fourth-order valence-electron chi connectivity index (χ4n) is 4.34. The molecule has 0 fully saturated rings. The topological polar surface area (TPSA) is 79.4 Å². The molecular formula is C26H29N5O2S. The highest BCUT2D eigenvalue weighted by atomic mass is 32.1. The Hall–Kier alpha value is -3.39. The van der Waals surface area contributed by atoms with E-state index in [2.05, 4.69) is 50.9 Å². The molecular weight excluding hydrogens is 446 g/mol. The highest BCUT2D eigenvalue weighted by molar-refractivity contribution is 7.13. The van der Waals surface area contributed by atoms with Crippen LogP contribution in [0.3, 0.4) is 0 Å². The number of aromatic nitrogens is 2. The van der Waals surface area contributed by atoms with E-state index in [-0.39, 0.29) is 12.1 Å². The molecule has 1 atom stereocenters. The van der Waals surface area contributed by atoms with Crippen LogP contribution < -0.4 is 10.6 Å². The number of fused-ring (bicyclic) bond motifs is 1. The maximum Gasteiger partial charge on any atom is 0.410 e. The number of rotatable bonds is 4. The van der Waals surface area contributed by atoms with E-state index < -0.39 is 5.60 Å². The number of hydrogen-bond acceptors (Lipinski definition) is 7. The molecule has 0 aliphatic carbocycles. The van der Waals surface area contributed by atoms with Gasteiger partial charge >= 0.3 is 6.09 Å². The van der Waals surface area contributed by atoms with E-state index in [1.807, 2.05) is 44.7 Å². The quantitative estimate of drug-likeness (QED) is 0.461. The summed E-state index contributed by atoms with van der Waals surface area (Å²) in [4.78, 5) is 24.1. The van der Waals surface area contributed by atoms with Gasteiger partial charge in [0.1, 0.15) is 11.4 Å². The molecule has 4 heterocycles. The van der Waals surface area contributed by atoms with Gasteiger partial charge in [0.2, 0.25) is 0 Å². The summed E-state index contributed by atoms with van der Waals surface area (Å²) in [5, 5.41) is 7.17. The molecule has 0 saturated heterocycles. The van der Waals surface area contributed by atoms with Crippen molar-refractivity contribution in [3.05, 3.63) is 65.4 Å². The van der Waals surface area contributed by atoms with Crippen LogP contribution in [0.5, 0.6) is 0 Å². The van der Waals surface area contributed by atoms with Crippen molar-refractivity contribution >= 4 is 34.6 Å². The molecule has 2 N–H and O–H groups in total. The van der Waals surface area contributed by atoms with Crippen LogP contribution in [0.15, 0.2) is 59.9 Å². The van der Waals surface area contributed by atoms with Gasteiger partial charge in [-0.15, -0.1) is 11.3 Å². The standard InChI is InChI=1S/C26H29N5O2S/c1-26(2,3)33-25(32)31-11-8-17(9-12-31)22-14-20-21(7-10-28-24(20)30-22)29-19-6-4-5-18(13-19)23-15-27-16-34-23/h4-8,10,13,15-16,22H,9,11-12,14H2,1-3H3,(H2,28,29,30). The number of carbonyl (C=O) groups excluding carboxylic acids is 1. The van der Waals surface area contributed by atoms with Crippen molar-refractivity contribution in [2.45, 2.75) is 45.3 Å². The van der Waals surface area contributed by atoms with Crippen molar-refractivity contribution < 1.29 is 9.53 Å². The van der Waals surface area contributed by atoms with Gasteiger partial charge in [-0.2, -0.15) is 0 Å². The third kappa shape index (κ3) is 4.92. The Morgan fingerprint density at radius 1 is 1.29 bits per heavy atom. The Morgan fingerprint density at radius 2 is 2.18 bits per heavy atom. The molecule has 1 aromatic carbocycles. The van der Waals surface area contributed by atoms with Gasteiger partial charge in [-0.1, -0.05) is 18.2 Å². The molecule has 3 aromatic rings. The van der Waals surface area contributed by atoms with E-state index in [9.17, 15) is 4.79 Å². The predicted octanol–water partition coefficient (Wildman–Crippen LogP) is 5.85. The van der Waals surface area contributed by atoms with E-state index >= 15 is 0 Å². The first-order valence-electron chi connectivity index (χ1n) is 11.5.